The Balaban J connectivity index is 2.27. The summed E-state index contributed by atoms with van der Waals surface area (Å²) in [5.74, 6) is 4.01. The molecule has 0 aliphatic heterocycles. The molecule has 2 rings (SSSR count). The number of hydrogen-bond acceptors (Lipinski definition) is 3. The highest BCUT2D eigenvalue weighted by Gasteiger charge is 2.30. The number of methoxy groups -OCH3 is 2. The van der Waals surface area contributed by atoms with Gasteiger partial charge in [0.05, 0.1) is 14.2 Å². The zero-order valence-electron chi connectivity index (χ0n) is 14.0. The van der Waals surface area contributed by atoms with E-state index in [4.69, 9.17) is 9.47 Å². The van der Waals surface area contributed by atoms with E-state index in [1.54, 1.807) is 14.2 Å². The van der Waals surface area contributed by atoms with Gasteiger partial charge >= 0.3 is 0 Å². The Morgan fingerprint density at radius 2 is 1.48 bits per heavy atom. The molecule has 1 saturated carbocycles. The van der Waals surface area contributed by atoms with Gasteiger partial charge in [-0.1, -0.05) is 13.8 Å². The fourth-order valence-corrected chi connectivity index (χ4v) is 3.96. The van der Waals surface area contributed by atoms with Crippen molar-refractivity contribution in [1.82, 2.24) is 5.32 Å². The lowest BCUT2D eigenvalue weighted by atomic mass is 9.72. The first-order valence-corrected chi connectivity index (χ1v) is 7.97. The number of benzene rings is 1. The van der Waals surface area contributed by atoms with Crippen LogP contribution >= 0.6 is 0 Å². The van der Waals surface area contributed by atoms with Crippen molar-refractivity contribution in [2.45, 2.75) is 39.2 Å². The summed E-state index contributed by atoms with van der Waals surface area (Å²) in [6, 6.07) is 6.56. The lowest BCUT2D eigenvalue weighted by Crippen LogP contribution is -2.31. The summed E-state index contributed by atoms with van der Waals surface area (Å²) in [4.78, 5) is 0. The lowest BCUT2D eigenvalue weighted by Gasteiger charge is -2.36. The van der Waals surface area contributed by atoms with E-state index >= 15 is 0 Å². The van der Waals surface area contributed by atoms with Crippen LogP contribution in [-0.2, 0) is 0 Å². The summed E-state index contributed by atoms with van der Waals surface area (Å²) in [7, 11) is 5.47. The van der Waals surface area contributed by atoms with E-state index in [-0.39, 0.29) is 0 Å². The SMILES string of the molecule is CNC(c1cc(OC)cc(OC)c1)C1CC(C)CC(C)C1. The van der Waals surface area contributed by atoms with Crippen molar-refractivity contribution < 1.29 is 9.47 Å². The third kappa shape index (κ3) is 3.91. The molecular weight excluding hydrogens is 262 g/mol. The number of nitrogens with one attached hydrogen (secondary N) is 1. The van der Waals surface area contributed by atoms with Gasteiger partial charge in [0.1, 0.15) is 11.5 Å². The molecule has 0 amide bonds. The van der Waals surface area contributed by atoms with Gasteiger partial charge in [0.15, 0.2) is 0 Å². The fraction of sp³-hybridized carbons (Fsp3) is 0.667. The van der Waals surface area contributed by atoms with Crippen LogP contribution in [0.25, 0.3) is 0 Å². The van der Waals surface area contributed by atoms with Gasteiger partial charge in [-0.2, -0.15) is 0 Å². The maximum Gasteiger partial charge on any atom is 0.122 e. The molecule has 1 aliphatic carbocycles. The fourth-order valence-electron chi connectivity index (χ4n) is 3.96. The smallest absolute Gasteiger partial charge is 0.122 e. The Kier molecular flexibility index (Phi) is 5.51. The van der Waals surface area contributed by atoms with Crippen LogP contribution in [-0.4, -0.2) is 21.3 Å². The predicted octanol–water partition coefficient (Wildman–Crippen LogP) is 4.04. The van der Waals surface area contributed by atoms with E-state index in [1.807, 2.05) is 6.07 Å². The van der Waals surface area contributed by atoms with E-state index in [0.717, 1.165) is 23.3 Å². The van der Waals surface area contributed by atoms with Crippen LogP contribution in [0.5, 0.6) is 11.5 Å². The Morgan fingerprint density at radius 3 is 1.90 bits per heavy atom. The summed E-state index contributed by atoms with van der Waals surface area (Å²) in [6.45, 7) is 4.75. The standard InChI is InChI=1S/C18H29NO2/c1-12-6-13(2)8-14(7-12)18(19-3)15-9-16(20-4)11-17(10-15)21-5/h9-14,18-19H,6-8H2,1-5H3. The molecule has 118 valence electrons. The first-order chi connectivity index (χ1) is 10.1. The molecule has 3 atom stereocenters. The Bertz CT molecular complexity index is 428. The number of hydrogen-bond donors (Lipinski definition) is 1. The Morgan fingerprint density at radius 1 is 0.952 bits per heavy atom. The van der Waals surface area contributed by atoms with Crippen LogP contribution in [0, 0.1) is 17.8 Å². The number of ether oxygens (including phenoxy) is 2. The molecule has 1 aromatic rings. The molecule has 0 aromatic heterocycles. The van der Waals surface area contributed by atoms with Crippen LogP contribution in [0.4, 0.5) is 0 Å². The molecule has 3 heteroatoms. The van der Waals surface area contributed by atoms with Gasteiger partial charge in [0.2, 0.25) is 0 Å². The molecule has 1 aliphatic rings. The van der Waals surface area contributed by atoms with Crippen molar-refractivity contribution in [3.63, 3.8) is 0 Å². The maximum atomic E-state index is 5.41. The van der Waals surface area contributed by atoms with E-state index in [0.29, 0.717) is 12.0 Å². The minimum Gasteiger partial charge on any atom is -0.497 e. The summed E-state index contributed by atoms with van der Waals surface area (Å²) in [5, 5.41) is 3.52. The molecule has 3 nitrogen and oxygen atoms in total. The quantitative estimate of drug-likeness (QED) is 0.888. The van der Waals surface area contributed by atoms with Crippen molar-refractivity contribution in [3.05, 3.63) is 23.8 Å². The van der Waals surface area contributed by atoms with E-state index in [2.05, 4.69) is 38.3 Å². The molecule has 1 N–H and O–H groups in total. The monoisotopic (exact) mass is 291 g/mol. The average molecular weight is 291 g/mol. The Hall–Kier alpha value is -1.22. The topological polar surface area (TPSA) is 30.5 Å². The number of rotatable bonds is 5. The van der Waals surface area contributed by atoms with Crippen molar-refractivity contribution in [3.8, 4) is 11.5 Å². The van der Waals surface area contributed by atoms with Crippen molar-refractivity contribution in [2.24, 2.45) is 17.8 Å². The second-order valence-corrected chi connectivity index (χ2v) is 6.59. The molecule has 0 bridgehead atoms. The van der Waals surface area contributed by atoms with Crippen molar-refractivity contribution in [2.75, 3.05) is 21.3 Å². The maximum absolute atomic E-state index is 5.41. The van der Waals surface area contributed by atoms with Crippen LogP contribution in [0.15, 0.2) is 18.2 Å². The summed E-state index contributed by atoms with van der Waals surface area (Å²) in [5.41, 5.74) is 1.26. The zero-order valence-corrected chi connectivity index (χ0v) is 14.0. The highest BCUT2D eigenvalue weighted by Crippen LogP contribution is 2.41. The molecule has 0 spiro atoms. The third-order valence-corrected chi connectivity index (χ3v) is 4.73. The van der Waals surface area contributed by atoms with E-state index in [1.165, 1.54) is 24.8 Å². The first-order valence-electron chi connectivity index (χ1n) is 7.97. The molecule has 3 unspecified atom stereocenters. The second-order valence-electron chi connectivity index (χ2n) is 6.59. The molecule has 0 radical (unpaired) electrons. The van der Waals surface area contributed by atoms with Crippen LogP contribution in [0.3, 0.4) is 0 Å². The van der Waals surface area contributed by atoms with Gasteiger partial charge in [0, 0.05) is 12.1 Å². The van der Waals surface area contributed by atoms with Gasteiger partial charge in [-0.05, 0) is 61.8 Å². The highest BCUT2D eigenvalue weighted by atomic mass is 16.5. The first kappa shape index (κ1) is 16.2. The van der Waals surface area contributed by atoms with Gasteiger partial charge in [0.25, 0.3) is 0 Å². The van der Waals surface area contributed by atoms with E-state index in [9.17, 15) is 0 Å². The molecule has 1 aromatic carbocycles. The summed E-state index contributed by atoms with van der Waals surface area (Å²) >= 11 is 0. The molecule has 0 saturated heterocycles. The van der Waals surface area contributed by atoms with Gasteiger partial charge in [-0.3, -0.25) is 0 Å². The average Bonchev–Trinajstić information content (AvgIpc) is 2.46. The van der Waals surface area contributed by atoms with Gasteiger partial charge < -0.3 is 14.8 Å². The third-order valence-electron chi connectivity index (χ3n) is 4.73. The lowest BCUT2D eigenvalue weighted by molar-refractivity contribution is 0.180. The van der Waals surface area contributed by atoms with Crippen LogP contribution < -0.4 is 14.8 Å². The molecule has 0 heterocycles. The summed E-state index contributed by atoms with van der Waals surface area (Å²) < 4.78 is 10.8. The van der Waals surface area contributed by atoms with E-state index < -0.39 is 0 Å². The molecule has 1 fully saturated rings. The minimum absolute atomic E-state index is 0.360. The minimum atomic E-state index is 0.360. The summed E-state index contributed by atoms with van der Waals surface area (Å²) in [6.07, 6.45) is 3.93. The zero-order chi connectivity index (χ0) is 15.4. The molecule has 21 heavy (non-hydrogen) atoms. The van der Waals surface area contributed by atoms with Crippen molar-refractivity contribution >= 4 is 0 Å². The van der Waals surface area contributed by atoms with Crippen molar-refractivity contribution in [1.29, 1.82) is 0 Å². The van der Waals surface area contributed by atoms with Gasteiger partial charge in [-0.15, -0.1) is 0 Å². The molecular formula is C18H29NO2. The largest absolute Gasteiger partial charge is 0.497 e. The predicted molar refractivity (Wildman–Crippen MR) is 87.0 cm³/mol. The highest BCUT2D eigenvalue weighted by molar-refractivity contribution is 5.40. The van der Waals surface area contributed by atoms with Gasteiger partial charge in [-0.25, -0.2) is 0 Å². The second kappa shape index (κ2) is 7.17. The van der Waals surface area contributed by atoms with Crippen LogP contribution in [0.1, 0.15) is 44.7 Å². The normalized spacial score (nSPS) is 27.2. The Labute approximate surface area is 129 Å². The van der Waals surface area contributed by atoms with Crippen LogP contribution in [0.2, 0.25) is 0 Å².